The molecule has 0 saturated carbocycles. The Morgan fingerprint density at radius 2 is 1.84 bits per heavy atom. The molecule has 0 fully saturated rings. The second-order valence-electron chi connectivity index (χ2n) is 5.23. The minimum Gasteiger partial charge on any atom is -0.344 e. The Bertz CT molecular complexity index is 368. The van der Waals surface area contributed by atoms with Crippen molar-refractivity contribution in [2.45, 2.75) is 32.7 Å². The number of halogens is 1. The summed E-state index contributed by atoms with van der Waals surface area (Å²) in [6, 6.07) is 9.81. The molecule has 0 aromatic heterocycles. The van der Waals surface area contributed by atoms with E-state index in [0.29, 0.717) is 12.5 Å². The predicted molar refractivity (Wildman–Crippen MR) is 82.5 cm³/mol. The smallest absolute Gasteiger partial charge is 0.239 e. The first-order valence-electron chi connectivity index (χ1n) is 6.55. The molecule has 19 heavy (non-hydrogen) atoms. The van der Waals surface area contributed by atoms with Crippen LogP contribution in [0.1, 0.15) is 25.8 Å². The molecule has 2 N–H and O–H groups in total. The van der Waals surface area contributed by atoms with E-state index >= 15 is 0 Å². The van der Waals surface area contributed by atoms with E-state index in [1.165, 1.54) is 5.56 Å². The van der Waals surface area contributed by atoms with E-state index in [-0.39, 0.29) is 24.4 Å². The van der Waals surface area contributed by atoms with Crippen LogP contribution < -0.4 is 5.73 Å². The number of rotatable bonds is 6. The molecule has 1 rings (SSSR count). The van der Waals surface area contributed by atoms with E-state index in [9.17, 15) is 4.79 Å². The lowest BCUT2D eigenvalue weighted by Gasteiger charge is -2.22. The average Bonchev–Trinajstić information content (AvgIpc) is 2.35. The maximum absolute atomic E-state index is 12.0. The van der Waals surface area contributed by atoms with Gasteiger partial charge in [-0.15, -0.1) is 12.4 Å². The van der Waals surface area contributed by atoms with Crippen molar-refractivity contribution in [1.29, 1.82) is 0 Å². The highest BCUT2D eigenvalue weighted by Gasteiger charge is 2.18. The summed E-state index contributed by atoms with van der Waals surface area (Å²) in [5, 5.41) is 0. The number of nitrogens with two attached hydrogens (primary N) is 1. The molecule has 0 unspecified atom stereocenters. The summed E-state index contributed by atoms with van der Waals surface area (Å²) in [7, 11) is 1.82. The first kappa shape index (κ1) is 17.9. The number of benzene rings is 1. The summed E-state index contributed by atoms with van der Waals surface area (Å²) in [5.41, 5.74) is 7.14. The molecule has 1 aromatic rings. The van der Waals surface area contributed by atoms with E-state index in [1.807, 2.05) is 25.2 Å². The summed E-state index contributed by atoms with van der Waals surface area (Å²) < 4.78 is 0. The number of likely N-dealkylation sites (N-methyl/N-ethyl adjacent to an activating group) is 1. The maximum atomic E-state index is 12.0. The van der Waals surface area contributed by atoms with E-state index in [1.54, 1.807) is 4.90 Å². The molecule has 0 bridgehead atoms. The van der Waals surface area contributed by atoms with E-state index in [4.69, 9.17) is 5.73 Å². The normalized spacial score (nSPS) is 11.8. The standard InChI is InChI=1S/C15H24N2O.ClH/c1-12(2)11-14(16)15(18)17(3)10-9-13-7-5-4-6-8-13;/h4-8,12,14H,9-11,16H2,1-3H3;1H/t14-;/m0./s1. The maximum Gasteiger partial charge on any atom is 0.239 e. The molecular weight excluding hydrogens is 260 g/mol. The highest BCUT2D eigenvalue weighted by Crippen LogP contribution is 2.06. The molecule has 4 heteroatoms. The molecule has 3 nitrogen and oxygen atoms in total. The fourth-order valence-electron chi connectivity index (χ4n) is 1.94. The van der Waals surface area contributed by atoms with Crippen molar-refractivity contribution >= 4 is 18.3 Å². The van der Waals surface area contributed by atoms with Crippen LogP contribution in [0.2, 0.25) is 0 Å². The van der Waals surface area contributed by atoms with Gasteiger partial charge in [0.1, 0.15) is 0 Å². The number of nitrogens with zero attached hydrogens (tertiary/aromatic N) is 1. The van der Waals surface area contributed by atoms with Gasteiger partial charge in [-0.25, -0.2) is 0 Å². The third-order valence-electron chi connectivity index (χ3n) is 3.00. The van der Waals surface area contributed by atoms with Crippen molar-refractivity contribution in [3.05, 3.63) is 35.9 Å². The molecule has 1 amide bonds. The second-order valence-corrected chi connectivity index (χ2v) is 5.23. The van der Waals surface area contributed by atoms with Crippen molar-refractivity contribution in [3.8, 4) is 0 Å². The Morgan fingerprint density at radius 1 is 1.26 bits per heavy atom. The molecule has 0 heterocycles. The van der Waals surface area contributed by atoms with E-state index in [2.05, 4.69) is 26.0 Å². The molecular formula is C15H25ClN2O. The summed E-state index contributed by atoms with van der Waals surface area (Å²) in [4.78, 5) is 13.7. The van der Waals surface area contributed by atoms with Crippen molar-refractivity contribution in [2.75, 3.05) is 13.6 Å². The molecule has 1 aromatic carbocycles. The number of hydrogen-bond donors (Lipinski definition) is 1. The lowest BCUT2D eigenvalue weighted by atomic mass is 10.0. The van der Waals surface area contributed by atoms with Crippen molar-refractivity contribution < 1.29 is 4.79 Å². The van der Waals surface area contributed by atoms with Crippen LogP contribution in [0.5, 0.6) is 0 Å². The molecule has 0 aliphatic carbocycles. The topological polar surface area (TPSA) is 46.3 Å². The van der Waals surface area contributed by atoms with Gasteiger partial charge in [0.05, 0.1) is 6.04 Å². The van der Waals surface area contributed by atoms with Crippen LogP contribution in [0, 0.1) is 5.92 Å². The van der Waals surface area contributed by atoms with Crippen LogP contribution in [0.3, 0.4) is 0 Å². The van der Waals surface area contributed by atoms with Gasteiger partial charge in [0, 0.05) is 13.6 Å². The molecule has 0 spiro atoms. The number of carbonyl (C=O) groups excluding carboxylic acids is 1. The third kappa shape index (κ3) is 6.60. The van der Waals surface area contributed by atoms with Gasteiger partial charge < -0.3 is 10.6 Å². The number of amides is 1. The van der Waals surface area contributed by atoms with E-state index < -0.39 is 0 Å². The summed E-state index contributed by atoms with van der Waals surface area (Å²) in [6.07, 6.45) is 1.62. The van der Waals surface area contributed by atoms with E-state index in [0.717, 1.165) is 12.8 Å². The second kappa shape index (κ2) is 8.94. The van der Waals surface area contributed by atoms with Crippen LogP contribution in [0.15, 0.2) is 30.3 Å². The van der Waals surface area contributed by atoms with Crippen LogP contribution in [-0.4, -0.2) is 30.4 Å². The molecule has 1 atom stereocenters. The van der Waals surface area contributed by atoms with Crippen molar-refractivity contribution in [2.24, 2.45) is 11.7 Å². The SMILES string of the molecule is CC(C)C[C@H](N)C(=O)N(C)CCc1ccccc1.Cl. The zero-order chi connectivity index (χ0) is 13.5. The highest BCUT2D eigenvalue weighted by molar-refractivity contribution is 5.85. The molecule has 108 valence electrons. The van der Waals surface area contributed by atoms with Crippen LogP contribution in [0.25, 0.3) is 0 Å². The highest BCUT2D eigenvalue weighted by atomic mass is 35.5. The first-order valence-corrected chi connectivity index (χ1v) is 6.55. The summed E-state index contributed by atoms with van der Waals surface area (Å²) in [5.74, 6) is 0.492. The minimum absolute atomic E-state index is 0. The van der Waals surface area contributed by atoms with Crippen LogP contribution in [0.4, 0.5) is 0 Å². The lowest BCUT2D eigenvalue weighted by molar-refractivity contribution is -0.131. The Kier molecular flexibility index (Phi) is 8.44. The summed E-state index contributed by atoms with van der Waals surface area (Å²) >= 11 is 0. The largest absolute Gasteiger partial charge is 0.344 e. The molecule has 0 saturated heterocycles. The van der Waals surface area contributed by atoms with Crippen molar-refractivity contribution in [3.63, 3.8) is 0 Å². The van der Waals surface area contributed by atoms with Crippen LogP contribution >= 0.6 is 12.4 Å². The summed E-state index contributed by atoms with van der Waals surface area (Å²) in [6.45, 7) is 4.88. The van der Waals surface area contributed by atoms with Gasteiger partial charge in [0.15, 0.2) is 0 Å². The van der Waals surface area contributed by atoms with Gasteiger partial charge in [-0.1, -0.05) is 44.2 Å². The van der Waals surface area contributed by atoms with Gasteiger partial charge in [-0.2, -0.15) is 0 Å². The fourth-order valence-corrected chi connectivity index (χ4v) is 1.94. The van der Waals surface area contributed by atoms with Gasteiger partial charge in [0.25, 0.3) is 0 Å². The Hall–Kier alpha value is -1.06. The zero-order valence-electron chi connectivity index (χ0n) is 12.0. The molecule has 0 radical (unpaired) electrons. The Labute approximate surface area is 122 Å². The number of hydrogen-bond acceptors (Lipinski definition) is 2. The monoisotopic (exact) mass is 284 g/mol. The third-order valence-corrected chi connectivity index (χ3v) is 3.00. The average molecular weight is 285 g/mol. The fraction of sp³-hybridized carbons (Fsp3) is 0.533. The zero-order valence-corrected chi connectivity index (χ0v) is 12.8. The molecule has 0 aliphatic rings. The lowest BCUT2D eigenvalue weighted by Crippen LogP contribution is -2.43. The van der Waals surface area contributed by atoms with Crippen LogP contribution in [-0.2, 0) is 11.2 Å². The molecule has 0 aliphatic heterocycles. The van der Waals surface area contributed by atoms with Gasteiger partial charge in [-0.05, 0) is 24.3 Å². The number of carbonyl (C=O) groups is 1. The Balaban J connectivity index is 0.00000324. The van der Waals surface area contributed by atoms with Crippen molar-refractivity contribution in [1.82, 2.24) is 4.90 Å². The van der Waals surface area contributed by atoms with Gasteiger partial charge >= 0.3 is 0 Å². The van der Waals surface area contributed by atoms with Gasteiger partial charge in [0.2, 0.25) is 5.91 Å². The minimum atomic E-state index is -0.370. The van der Waals surface area contributed by atoms with Gasteiger partial charge in [-0.3, -0.25) is 4.79 Å². The quantitative estimate of drug-likeness (QED) is 0.872. The predicted octanol–water partition coefficient (Wildman–Crippen LogP) is 2.48. The first-order chi connectivity index (χ1) is 8.50. The Morgan fingerprint density at radius 3 is 2.37 bits per heavy atom.